The van der Waals surface area contributed by atoms with Gasteiger partial charge in [0, 0.05) is 24.3 Å². The van der Waals surface area contributed by atoms with Crippen LogP contribution in [0.5, 0.6) is 0 Å². The largest absolute Gasteiger partial charge is 0.373 e. The van der Waals surface area contributed by atoms with Gasteiger partial charge in [-0.1, -0.05) is 11.6 Å². The second-order valence-electron chi connectivity index (χ2n) is 3.81. The fraction of sp³-hybridized carbons (Fsp3) is 0.364. The number of halogens is 1. The van der Waals surface area contributed by atoms with E-state index in [-0.39, 0.29) is 18.2 Å². The molecule has 0 radical (unpaired) electrons. The lowest BCUT2D eigenvalue weighted by molar-refractivity contribution is -0.118. The molecule has 1 aromatic carbocycles. The third-order valence-corrected chi connectivity index (χ3v) is 3.06. The van der Waals surface area contributed by atoms with Gasteiger partial charge in [-0.15, -0.1) is 0 Å². The van der Waals surface area contributed by atoms with Gasteiger partial charge in [0.25, 0.3) is 0 Å². The zero-order valence-corrected chi connectivity index (χ0v) is 9.29. The van der Waals surface area contributed by atoms with E-state index in [1.54, 1.807) is 0 Å². The van der Waals surface area contributed by atoms with E-state index < -0.39 is 0 Å². The van der Waals surface area contributed by atoms with Crippen LogP contribution in [-0.2, 0) is 4.79 Å². The molecule has 15 heavy (non-hydrogen) atoms. The molecule has 0 saturated heterocycles. The van der Waals surface area contributed by atoms with Crippen molar-refractivity contribution in [3.05, 3.63) is 28.8 Å². The van der Waals surface area contributed by atoms with Crippen molar-refractivity contribution < 1.29 is 4.79 Å². The summed E-state index contributed by atoms with van der Waals surface area (Å²) in [7, 11) is 1.97. The standard InChI is InChI=1S/C11H13ClN2O/c1-14-6-9(11(15)5-13)8-4-7(12)2-3-10(8)14/h2-4,9H,5-6,13H2,1H3. The SMILES string of the molecule is CN1CC(C(=O)CN)c2cc(Cl)ccc21. The number of benzene rings is 1. The summed E-state index contributed by atoms with van der Waals surface area (Å²) < 4.78 is 0. The number of likely N-dealkylation sites (N-methyl/N-ethyl adjacent to an activating group) is 1. The Morgan fingerprint density at radius 2 is 2.40 bits per heavy atom. The molecule has 2 N–H and O–H groups in total. The number of hydrogen-bond donors (Lipinski definition) is 1. The molecule has 0 aliphatic carbocycles. The van der Waals surface area contributed by atoms with Gasteiger partial charge in [0.15, 0.2) is 5.78 Å². The molecule has 0 fully saturated rings. The second kappa shape index (κ2) is 3.83. The highest BCUT2D eigenvalue weighted by atomic mass is 35.5. The highest BCUT2D eigenvalue weighted by Gasteiger charge is 2.30. The number of rotatable bonds is 2. The number of nitrogens with zero attached hydrogens (tertiary/aromatic N) is 1. The Hall–Kier alpha value is -1.06. The molecule has 0 aromatic heterocycles. The maximum absolute atomic E-state index is 11.6. The summed E-state index contributed by atoms with van der Waals surface area (Å²) in [6.45, 7) is 0.788. The predicted octanol–water partition coefficient (Wildman–Crippen LogP) is 1.40. The number of hydrogen-bond acceptors (Lipinski definition) is 3. The molecule has 1 aromatic rings. The summed E-state index contributed by atoms with van der Waals surface area (Å²) in [6, 6.07) is 5.65. The zero-order chi connectivity index (χ0) is 11.0. The van der Waals surface area contributed by atoms with Gasteiger partial charge in [-0.2, -0.15) is 0 Å². The minimum atomic E-state index is -0.117. The molecule has 1 unspecified atom stereocenters. The van der Waals surface area contributed by atoms with E-state index in [9.17, 15) is 4.79 Å². The van der Waals surface area contributed by atoms with E-state index in [1.807, 2.05) is 25.2 Å². The van der Waals surface area contributed by atoms with Crippen molar-refractivity contribution in [2.45, 2.75) is 5.92 Å². The van der Waals surface area contributed by atoms with Crippen molar-refractivity contribution >= 4 is 23.1 Å². The molecule has 1 heterocycles. The molecule has 0 bridgehead atoms. The first-order valence-electron chi connectivity index (χ1n) is 4.87. The Kier molecular flexibility index (Phi) is 2.67. The molecule has 4 heteroatoms. The third kappa shape index (κ3) is 1.73. The quantitative estimate of drug-likeness (QED) is 0.826. The first-order valence-corrected chi connectivity index (χ1v) is 5.24. The third-order valence-electron chi connectivity index (χ3n) is 2.82. The van der Waals surface area contributed by atoms with Crippen LogP contribution in [-0.4, -0.2) is 25.9 Å². The normalized spacial score (nSPS) is 19.1. The summed E-state index contributed by atoms with van der Waals surface area (Å²) in [5, 5.41) is 0.666. The van der Waals surface area contributed by atoms with Crippen LogP contribution < -0.4 is 10.6 Å². The summed E-state index contributed by atoms with van der Waals surface area (Å²) in [6.07, 6.45) is 0. The van der Waals surface area contributed by atoms with E-state index in [1.165, 1.54) is 0 Å². The first-order chi connectivity index (χ1) is 7.13. The van der Waals surface area contributed by atoms with Gasteiger partial charge < -0.3 is 10.6 Å². The molecule has 0 spiro atoms. The van der Waals surface area contributed by atoms with Crippen LogP contribution in [0.3, 0.4) is 0 Å². The number of Topliss-reactive ketones (excluding diaryl/α,β-unsaturated/α-hetero) is 1. The molecule has 1 aliphatic rings. The number of carbonyl (C=O) groups is 1. The van der Waals surface area contributed by atoms with E-state index in [2.05, 4.69) is 4.90 Å². The van der Waals surface area contributed by atoms with Gasteiger partial charge in [0.05, 0.1) is 12.5 Å². The number of carbonyl (C=O) groups excluding carboxylic acids is 1. The molecule has 0 saturated carbocycles. The number of anilines is 1. The van der Waals surface area contributed by atoms with Crippen molar-refractivity contribution in [2.75, 3.05) is 25.0 Å². The lowest BCUT2D eigenvalue weighted by Crippen LogP contribution is -2.25. The van der Waals surface area contributed by atoms with Crippen LogP contribution in [0, 0.1) is 0 Å². The smallest absolute Gasteiger partial charge is 0.155 e. The van der Waals surface area contributed by atoms with Gasteiger partial charge >= 0.3 is 0 Å². The first kappa shape index (κ1) is 10.5. The highest BCUT2D eigenvalue weighted by Crippen LogP contribution is 2.37. The summed E-state index contributed by atoms with van der Waals surface area (Å²) in [5.41, 5.74) is 7.47. The summed E-state index contributed by atoms with van der Waals surface area (Å²) >= 11 is 5.92. The number of fused-ring (bicyclic) bond motifs is 1. The van der Waals surface area contributed by atoms with Crippen LogP contribution in [0.1, 0.15) is 11.5 Å². The van der Waals surface area contributed by atoms with E-state index in [0.29, 0.717) is 11.6 Å². The lowest BCUT2D eigenvalue weighted by atomic mass is 9.97. The molecule has 3 nitrogen and oxygen atoms in total. The van der Waals surface area contributed by atoms with Crippen molar-refractivity contribution in [3.63, 3.8) is 0 Å². The molecule has 0 amide bonds. The molecule has 2 rings (SSSR count). The highest BCUT2D eigenvalue weighted by molar-refractivity contribution is 6.30. The van der Waals surface area contributed by atoms with E-state index >= 15 is 0 Å². The number of ketones is 1. The predicted molar refractivity (Wildman–Crippen MR) is 61.5 cm³/mol. The van der Waals surface area contributed by atoms with Gasteiger partial charge in [-0.3, -0.25) is 4.79 Å². The Morgan fingerprint density at radius 3 is 3.07 bits per heavy atom. The second-order valence-corrected chi connectivity index (χ2v) is 4.24. The molecule has 80 valence electrons. The minimum absolute atomic E-state index is 0.0721. The Labute approximate surface area is 93.8 Å². The van der Waals surface area contributed by atoms with Crippen molar-refractivity contribution in [1.82, 2.24) is 0 Å². The van der Waals surface area contributed by atoms with Crippen LogP contribution in [0.15, 0.2) is 18.2 Å². The Morgan fingerprint density at radius 1 is 1.67 bits per heavy atom. The van der Waals surface area contributed by atoms with E-state index in [0.717, 1.165) is 11.3 Å². The van der Waals surface area contributed by atoms with Crippen molar-refractivity contribution in [2.24, 2.45) is 5.73 Å². The molecular formula is C11H13ClN2O. The average molecular weight is 225 g/mol. The van der Waals surface area contributed by atoms with Crippen LogP contribution in [0.25, 0.3) is 0 Å². The summed E-state index contributed by atoms with van der Waals surface area (Å²) in [4.78, 5) is 13.7. The van der Waals surface area contributed by atoms with Crippen LogP contribution in [0.2, 0.25) is 5.02 Å². The van der Waals surface area contributed by atoms with E-state index in [4.69, 9.17) is 17.3 Å². The van der Waals surface area contributed by atoms with Gasteiger partial charge in [-0.05, 0) is 23.8 Å². The summed E-state index contributed by atoms with van der Waals surface area (Å²) in [5.74, 6) is -0.0448. The Balaban J connectivity index is 2.44. The molecule has 1 atom stereocenters. The molecular weight excluding hydrogens is 212 g/mol. The van der Waals surface area contributed by atoms with Crippen LogP contribution >= 0.6 is 11.6 Å². The van der Waals surface area contributed by atoms with Crippen molar-refractivity contribution in [1.29, 1.82) is 0 Å². The van der Waals surface area contributed by atoms with Crippen LogP contribution in [0.4, 0.5) is 5.69 Å². The topological polar surface area (TPSA) is 46.3 Å². The number of nitrogens with two attached hydrogens (primary N) is 1. The van der Waals surface area contributed by atoms with Gasteiger partial charge in [0.1, 0.15) is 0 Å². The maximum Gasteiger partial charge on any atom is 0.155 e. The monoisotopic (exact) mass is 224 g/mol. The average Bonchev–Trinajstić information content (AvgIpc) is 2.54. The van der Waals surface area contributed by atoms with Gasteiger partial charge in [0.2, 0.25) is 0 Å². The Bertz CT molecular complexity index is 406. The van der Waals surface area contributed by atoms with Gasteiger partial charge in [-0.25, -0.2) is 0 Å². The fourth-order valence-electron chi connectivity index (χ4n) is 2.04. The van der Waals surface area contributed by atoms with Crippen molar-refractivity contribution in [3.8, 4) is 0 Å². The zero-order valence-electron chi connectivity index (χ0n) is 8.53. The maximum atomic E-state index is 11.6. The fourth-order valence-corrected chi connectivity index (χ4v) is 2.22. The minimum Gasteiger partial charge on any atom is -0.373 e. The molecule has 1 aliphatic heterocycles. The lowest BCUT2D eigenvalue weighted by Gasteiger charge is -2.11.